The van der Waals surface area contributed by atoms with Gasteiger partial charge >= 0.3 is 0 Å². The van der Waals surface area contributed by atoms with Crippen LogP contribution in [-0.2, 0) is 14.8 Å². The van der Waals surface area contributed by atoms with E-state index in [4.69, 9.17) is 9.84 Å². The van der Waals surface area contributed by atoms with Crippen LogP contribution in [0.3, 0.4) is 0 Å². The van der Waals surface area contributed by atoms with Gasteiger partial charge in [-0.15, -0.1) is 0 Å². The van der Waals surface area contributed by atoms with Crippen molar-refractivity contribution in [3.8, 4) is 0 Å². The Labute approximate surface area is 78.4 Å². The molecule has 1 N–H and O–H groups in total. The lowest BCUT2D eigenvalue weighted by Gasteiger charge is -2.34. The Balaban J connectivity index is 2.68. The second-order valence-corrected chi connectivity index (χ2v) is 5.31. The van der Waals surface area contributed by atoms with Gasteiger partial charge < -0.3 is 9.84 Å². The van der Waals surface area contributed by atoms with Crippen molar-refractivity contribution in [3.63, 3.8) is 0 Å². The van der Waals surface area contributed by atoms with Crippen molar-refractivity contribution in [3.05, 3.63) is 0 Å². The molecule has 1 aliphatic rings. The minimum atomic E-state index is -3.16. The van der Waals surface area contributed by atoms with Crippen molar-refractivity contribution in [1.29, 1.82) is 0 Å². The van der Waals surface area contributed by atoms with E-state index in [1.165, 1.54) is 10.6 Å². The van der Waals surface area contributed by atoms with Gasteiger partial charge in [-0.3, -0.25) is 0 Å². The largest absolute Gasteiger partial charge is 0.394 e. The number of aliphatic hydroxyl groups is 1. The lowest BCUT2D eigenvalue weighted by Crippen LogP contribution is -2.49. The fraction of sp³-hybridized carbons (Fsp3) is 1.00. The number of aliphatic hydroxyl groups excluding tert-OH is 1. The Morgan fingerprint density at radius 1 is 1.54 bits per heavy atom. The molecular formula is C7H15NO4S. The number of hydrogen-bond donors (Lipinski definition) is 1. The molecule has 5 nitrogen and oxygen atoms in total. The molecule has 1 fully saturated rings. The number of rotatable bonds is 2. The van der Waals surface area contributed by atoms with Crippen LogP contribution in [0.4, 0.5) is 0 Å². The van der Waals surface area contributed by atoms with Gasteiger partial charge in [-0.1, -0.05) is 0 Å². The summed E-state index contributed by atoms with van der Waals surface area (Å²) >= 11 is 0. The van der Waals surface area contributed by atoms with Gasteiger partial charge in [0.25, 0.3) is 0 Å². The van der Waals surface area contributed by atoms with Crippen molar-refractivity contribution >= 4 is 10.0 Å². The number of nitrogens with zero attached hydrogens (tertiary/aromatic N) is 1. The van der Waals surface area contributed by atoms with Gasteiger partial charge in [0.15, 0.2) is 0 Å². The van der Waals surface area contributed by atoms with Crippen molar-refractivity contribution < 1.29 is 18.3 Å². The zero-order valence-electron chi connectivity index (χ0n) is 7.80. The van der Waals surface area contributed by atoms with Crippen LogP contribution in [0, 0.1) is 0 Å². The first-order valence-electron chi connectivity index (χ1n) is 4.15. The molecule has 0 bridgehead atoms. The van der Waals surface area contributed by atoms with E-state index >= 15 is 0 Å². The molecule has 1 saturated heterocycles. The van der Waals surface area contributed by atoms with E-state index in [9.17, 15) is 8.42 Å². The summed E-state index contributed by atoms with van der Waals surface area (Å²) in [6.45, 7) is 2.27. The third-order valence-electron chi connectivity index (χ3n) is 1.97. The topological polar surface area (TPSA) is 66.8 Å². The number of hydrogen-bond acceptors (Lipinski definition) is 4. The van der Waals surface area contributed by atoms with Gasteiger partial charge in [0, 0.05) is 13.1 Å². The molecule has 0 amide bonds. The Bertz CT molecular complexity index is 264. The predicted octanol–water partition coefficient (Wildman–Crippen LogP) is -0.972. The number of ether oxygens (including phenoxy) is 1. The fourth-order valence-corrected chi connectivity index (χ4v) is 2.29. The molecule has 0 aromatic rings. The third kappa shape index (κ3) is 2.91. The second-order valence-electron chi connectivity index (χ2n) is 3.33. The molecule has 0 radical (unpaired) electrons. The molecule has 0 aromatic heterocycles. The molecule has 0 aromatic carbocycles. The van der Waals surface area contributed by atoms with Gasteiger partial charge in [0.1, 0.15) is 0 Å². The van der Waals surface area contributed by atoms with E-state index in [0.717, 1.165) is 0 Å². The monoisotopic (exact) mass is 209 g/mol. The summed E-state index contributed by atoms with van der Waals surface area (Å²) < 4.78 is 29.0. The first-order chi connectivity index (χ1) is 5.93. The highest BCUT2D eigenvalue weighted by Crippen LogP contribution is 2.13. The molecule has 6 heteroatoms. The zero-order chi connectivity index (χ0) is 10.1. The molecule has 1 heterocycles. The highest BCUT2D eigenvalue weighted by Gasteiger charge is 2.29. The van der Waals surface area contributed by atoms with Crippen LogP contribution in [0.1, 0.15) is 6.92 Å². The zero-order valence-corrected chi connectivity index (χ0v) is 8.62. The van der Waals surface area contributed by atoms with Crippen molar-refractivity contribution in [2.24, 2.45) is 0 Å². The molecule has 2 atom stereocenters. The molecule has 0 spiro atoms. The smallest absolute Gasteiger partial charge is 0.211 e. The summed E-state index contributed by atoms with van der Waals surface area (Å²) in [5, 5.41) is 8.85. The van der Waals surface area contributed by atoms with Crippen LogP contribution in [0.25, 0.3) is 0 Å². The summed E-state index contributed by atoms with van der Waals surface area (Å²) in [7, 11) is -3.16. The maximum absolute atomic E-state index is 11.2. The molecule has 0 aliphatic carbocycles. The molecule has 0 saturated carbocycles. The van der Waals surface area contributed by atoms with Crippen LogP contribution < -0.4 is 0 Å². The van der Waals surface area contributed by atoms with Gasteiger partial charge in [0.05, 0.1) is 25.1 Å². The summed E-state index contributed by atoms with van der Waals surface area (Å²) in [5.74, 6) is 0. The SMILES string of the molecule is CC1CN(S(C)(=O)=O)CC(CO)O1. The third-order valence-corrected chi connectivity index (χ3v) is 3.20. The minimum Gasteiger partial charge on any atom is -0.394 e. The Morgan fingerprint density at radius 2 is 2.15 bits per heavy atom. The molecule has 1 aliphatic heterocycles. The summed E-state index contributed by atoms with van der Waals surface area (Å²) in [6, 6.07) is 0. The lowest BCUT2D eigenvalue weighted by molar-refractivity contribution is -0.0749. The van der Waals surface area contributed by atoms with Crippen molar-refractivity contribution in [2.45, 2.75) is 19.1 Å². The van der Waals surface area contributed by atoms with Crippen LogP contribution in [0.5, 0.6) is 0 Å². The van der Waals surface area contributed by atoms with Gasteiger partial charge in [-0.25, -0.2) is 8.42 Å². The van der Waals surface area contributed by atoms with Gasteiger partial charge in [-0.2, -0.15) is 4.31 Å². The Hall–Kier alpha value is -0.170. The minimum absolute atomic E-state index is 0.143. The van der Waals surface area contributed by atoms with Gasteiger partial charge in [0.2, 0.25) is 10.0 Å². The average molecular weight is 209 g/mol. The van der Waals surface area contributed by atoms with Crippen molar-refractivity contribution in [2.75, 3.05) is 26.0 Å². The molecule has 1 rings (SSSR count). The number of sulfonamides is 1. The normalized spacial score (nSPS) is 31.9. The van der Waals surface area contributed by atoms with E-state index in [0.29, 0.717) is 6.54 Å². The van der Waals surface area contributed by atoms with Crippen LogP contribution in [-0.4, -0.2) is 56.0 Å². The van der Waals surface area contributed by atoms with E-state index in [2.05, 4.69) is 0 Å². The first kappa shape index (κ1) is 10.9. The molecule has 2 unspecified atom stereocenters. The highest BCUT2D eigenvalue weighted by molar-refractivity contribution is 7.88. The molecule has 13 heavy (non-hydrogen) atoms. The summed E-state index contributed by atoms with van der Waals surface area (Å²) in [4.78, 5) is 0. The van der Waals surface area contributed by atoms with E-state index in [-0.39, 0.29) is 19.3 Å². The van der Waals surface area contributed by atoms with Crippen LogP contribution in [0.15, 0.2) is 0 Å². The summed E-state index contributed by atoms with van der Waals surface area (Å²) in [5.41, 5.74) is 0. The average Bonchev–Trinajstić information content (AvgIpc) is 2.01. The molecular weight excluding hydrogens is 194 g/mol. The van der Waals surface area contributed by atoms with Crippen molar-refractivity contribution in [1.82, 2.24) is 4.31 Å². The Kier molecular flexibility index (Phi) is 3.28. The predicted molar refractivity (Wildman–Crippen MR) is 47.8 cm³/mol. The van der Waals surface area contributed by atoms with E-state index in [1.54, 1.807) is 6.92 Å². The lowest BCUT2D eigenvalue weighted by atomic mass is 10.2. The quantitative estimate of drug-likeness (QED) is 0.635. The summed E-state index contributed by atoms with van der Waals surface area (Å²) in [6.07, 6.45) is 0.624. The first-order valence-corrected chi connectivity index (χ1v) is 5.99. The Morgan fingerprint density at radius 3 is 2.62 bits per heavy atom. The standard InChI is InChI=1S/C7H15NO4S/c1-6-3-8(13(2,10)11)4-7(5-9)12-6/h6-7,9H,3-5H2,1-2H3. The van der Waals surface area contributed by atoms with Gasteiger partial charge in [-0.05, 0) is 6.92 Å². The van der Waals surface area contributed by atoms with Crippen LogP contribution >= 0.6 is 0 Å². The molecule has 78 valence electrons. The fourth-order valence-electron chi connectivity index (χ4n) is 1.37. The van der Waals surface area contributed by atoms with E-state index < -0.39 is 16.1 Å². The number of morpholine rings is 1. The maximum atomic E-state index is 11.2. The van der Waals surface area contributed by atoms with Crippen LogP contribution in [0.2, 0.25) is 0 Å². The second kappa shape index (κ2) is 3.91. The van der Waals surface area contributed by atoms with E-state index in [1.807, 2.05) is 0 Å². The highest BCUT2D eigenvalue weighted by atomic mass is 32.2. The maximum Gasteiger partial charge on any atom is 0.211 e.